The van der Waals surface area contributed by atoms with Crippen LogP contribution in [0.1, 0.15) is 11.1 Å². The molecule has 12 heteroatoms. The van der Waals surface area contributed by atoms with Gasteiger partial charge in [-0.25, -0.2) is 4.99 Å². The van der Waals surface area contributed by atoms with E-state index in [9.17, 15) is 30.7 Å². The highest BCUT2D eigenvalue weighted by molar-refractivity contribution is 7.86. The van der Waals surface area contributed by atoms with Gasteiger partial charge in [0.2, 0.25) is 0 Å². The van der Waals surface area contributed by atoms with Crippen molar-refractivity contribution in [1.82, 2.24) is 0 Å². The number of hydrogen-bond acceptors (Lipinski definition) is 7. The Morgan fingerprint density at radius 2 is 1.45 bits per heavy atom. The van der Waals surface area contributed by atoms with E-state index in [2.05, 4.69) is 4.99 Å². The van der Waals surface area contributed by atoms with Crippen LogP contribution in [0, 0.1) is 0 Å². The van der Waals surface area contributed by atoms with Crippen molar-refractivity contribution in [3.05, 3.63) is 102 Å². The number of fused-ring (bicyclic) bond motifs is 1. The second kappa shape index (κ2) is 9.99. The highest BCUT2D eigenvalue weighted by atomic mass is 32.2. The van der Waals surface area contributed by atoms with Crippen LogP contribution in [0.2, 0.25) is 0 Å². The molecule has 204 valence electrons. The molecule has 0 radical (unpaired) electrons. The third-order valence-electron chi connectivity index (χ3n) is 6.33. The predicted octanol–water partition coefficient (Wildman–Crippen LogP) is 4.23. The predicted molar refractivity (Wildman–Crippen MR) is 153 cm³/mol. The van der Waals surface area contributed by atoms with Gasteiger partial charge in [0.05, 0.1) is 5.69 Å². The third kappa shape index (κ3) is 5.00. The molecule has 10 nitrogen and oxygen atoms in total. The number of nitrogens with zero attached hydrogens (tertiary/aromatic N) is 3. The normalized spacial score (nSPS) is 15.1. The summed E-state index contributed by atoms with van der Waals surface area (Å²) >= 11 is 0. The number of amides is 1. The van der Waals surface area contributed by atoms with Crippen molar-refractivity contribution in [3.8, 4) is 0 Å². The van der Waals surface area contributed by atoms with Crippen LogP contribution in [0.4, 0.5) is 11.4 Å². The summed E-state index contributed by atoms with van der Waals surface area (Å²) < 4.78 is 69.4. The lowest BCUT2D eigenvalue weighted by Crippen LogP contribution is -2.34. The number of anilines is 2. The maximum absolute atomic E-state index is 13.8. The lowest BCUT2D eigenvalue weighted by Gasteiger charge is -2.22. The molecule has 0 atom stereocenters. The van der Waals surface area contributed by atoms with Gasteiger partial charge in [-0.15, -0.1) is 0 Å². The molecule has 4 aromatic carbocycles. The molecule has 2 N–H and O–H groups in total. The van der Waals surface area contributed by atoms with Crippen molar-refractivity contribution in [2.24, 2.45) is 4.99 Å². The summed E-state index contributed by atoms with van der Waals surface area (Å²) in [7, 11) is -5.96. The van der Waals surface area contributed by atoms with E-state index in [1.54, 1.807) is 36.4 Å². The summed E-state index contributed by atoms with van der Waals surface area (Å²) in [4.78, 5) is 20.1. The molecule has 0 aromatic heterocycles. The van der Waals surface area contributed by atoms with Crippen LogP contribution in [-0.2, 0) is 25.0 Å². The lowest BCUT2D eigenvalue weighted by atomic mass is 10.1. The molecule has 0 saturated heterocycles. The minimum Gasteiger partial charge on any atom is -0.378 e. The molecule has 0 aliphatic carbocycles. The topological polar surface area (TPSA) is 145 Å². The van der Waals surface area contributed by atoms with E-state index in [1.807, 2.05) is 43.3 Å². The fourth-order valence-corrected chi connectivity index (χ4v) is 6.10. The molecule has 1 heterocycles. The van der Waals surface area contributed by atoms with E-state index in [1.165, 1.54) is 24.3 Å². The second-order valence-corrected chi connectivity index (χ2v) is 11.9. The molecule has 4 aromatic rings. The number of carbonyl (C=O) groups excluding carboxylic acids is 1. The Hall–Kier alpha value is -4.36. The quantitative estimate of drug-likeness (QED) is 0.256. The van der Waals surface area contributed by atoms with Crippen LogP contribution >= 0.6 is 0 Å². The van der Waals surface area contributed by atoms with Gasteiger partial charge in [0.25, 0.3) is 26.1 Å². The van der Waals surface area contributed by atoms with E-state index < -0.39 is 35.9 Å². The van der Waals surface area contributed by atoms with Gasteiger partial charge in [0, 0.05) is 36.1 Å². The Balaban J connectivity index is 1.75. The van der Waals surface area contributed by atoms with Crippen LogP contribution in [0.25, 0.3) is 16.8 Å². The maximum Gasteiger partial charge on any atom is 0.297 e. The molecule has 0 bridgehead atoms. The van der Waals surface area contributed by atoms with Crippen LogP contribution in [0.5, 0.6) is 0 Å². The van der Waals surface area contributed by atoms with E-state index in [0.717, 1.165) is 16.7 Å². The summed E-state index contributed by atoms with van der Waals surface area (Å²) in [5.41, 5.74) is 1.91. The molecule has 0 unspecified atom stereocenters. The van der Waals surface area contributed by atoms with Gasteiger partial charge in [-0.3, -0.25) is 18.8 Å². The molecule has 1 aliphatic rings. The van der Waals surface area contributed by atoms with Crippen molar-refractivity contribution in [1.29, 1.82) is 0 Å². The summed E-state index contributed by atoms with van der Waals surface area (Å²) in [6.07, 6.45) is 1.56. The molecule has 0 saturated carbocycles. The number of carbonyl (C=O) groups is 1. The molecular formula is C28H23N3O7S2. The van der Waals surface area contributed by atoms with E-state index in [4.69, 9.17) is 0 Å². The first-order valence-corrected chi connectivity index (χ1v) is 14.7. The van der Waals surface area contributed by atoms with Crippen molar-refractivity contribution in [2.45, 2.75) is 9.79 Å². The Bertz CT molecular complexity index is 1930. The molecule has 5 rings (SSSR count). The fourth-order valence-electron chi connectivity index (χ4n) is 4.51. The van der Waals surface area contributed by atoms with Crippen LogP contribution in [0.3, 0.4) is 0 Å². The van der Waals surface area contributed by atoms with E-state index in [-0.39, 0.29) is 28.0 Å². The standard InChI is InChI=1S/C28H23N3O7S2/c1-30(2)20-13-11-18(12-14-20)17-23-28(32)31(27(29-23)19-7-4-3-5-8-19)24-16-15-21-22(26(24)40(36,37)38)9-6-10-25(21)39(33,34)35/h3-17H,1-2H3,(H,33,34,35)(H,36,37,38)/b23-17-. The number of hydrogen-bond donors (Lipinski definition) is 2. The summed E-state index contributed by atoms with van der Waals surface area (Å²) in [5, 5.41) is -0.352. The van der Waals surface area contributed by atoms with E-state index >= 15 is 0 Å². The monoisotopic (exact) mass is 577 g/mol. The van der Waals surface area contributed by atoms with Gasteiger partial charge >= 0.3 is 0 Å². The maximum atomic E-state index is 13.8. The Kier molecular flexibility index (Phi) is 6.80. The number of amidine groups is 1. The highest BCUT2D eigenvalue weighted by Crippen LogP contribution is 2.38. The van der Waals surface area contributed by atoms with Crippen molar-refractivity contribution in [3.63, 3.8) is 0 Å². The molecular weight excluding hydrogens is 554 g/mol. The van der Waals surface area contributed by atoms with E-state index in [0.29, 0.717) is 11.1 Å². The van der Waals surface area contributed by atoms with Gasteiger partial charge in [0.15, 0.2) is 0 Å². The fraction of sp³-hybridized carbons (Fsp3) is 0.0714. The molecule has 0 fully saturated rings. The zero-order chi connectivity index (χ0) is 28.8. The smallest absolute Gasteiger partial charge is 0.297 e. The summed E-state index contributed by atoms with van der Waals surface area (Å²) in [6, 6.07) is 22.0. The summed E-state index contributed by atoms with van der Waals surface area (Å²) in [5.74, 6) is -0.553. The second-order valence-electron chi connectivity index (χ2n) is 9.17. The Morgan fingerprint density at radius 3 is 2.05 bits per heavy atom. The van der Waals surface area contributed by atoms with Crippen molar-refractivity contribution in [2.75, 3.05) is 23.9 Å². The molecule has 1 amide bonds. The van der Waals surface area contributed by atoms with Gasteiger partial charge in [0.1, 0.15) is 21.3 Å². The SMILES string of the molecule is CN(C)c1ccc(/C=C2\N=C(c3ccccc3)N(c3ccc4c(S(=O)(=O)O)cccc4c3S(=O)(=O)O)C2=O)cc1. The first-order chi connectivity index (χ1) is 18.9. The third-order valence-corrected chi connectivity index (χ3v) is 8.19. The minimum absolute atomic E-state index is 0.0181. The Morgan fingerprint density at radius 1 is 0.775 bits per heavy atom. The van der Waals surface area contributed by atoms with Gasteiger partial charge in [-0.1, -0.05) is 60.7 Å². The molecule has 0 spiro atoms. The molecule has 40 heavy (non-hydrogen) atoms. The first-order valence-electron chi connectivity index (χ1n) is 11.8. The average molecular weight is 578 g/mol. The molecule has 1 aliphatic heterocycles. The van der Waals surface area contributed by atoms with Crippen LogP contribution < -0.4 is 9.80 Å². The number of benzene rings is 4. The number of rotatable bonds is 6. The van der Waals surface area contributed by atoms with Crippen molar-refractivity contribution < 1.29 is 30.7 Å². The van der Waals surface area contributed by atoms with Gasteiger partial charge in [-0.05, 0) is 35.9 Å². The largest absolute Gasteiger partial charge is 0.378 e. The average Bonchev–Trinajstić information content (AvgIpc) is 3.22. The lowest BCUT2D eigenvalue weighted by molar-refractivity contribution is -0.113. The van der Waals surface area contributed by atoms with Crippen LogP contribution in [-0.4, -0.2) is 51.8 Å². The highest BCUT2D eigenvalue weighted by Gasteiger charge is 2.37. The zero-order valence-electron chi connectivity index (χ0n) is 21.3. The zero-order valence-corrected chi connectivity index (χ0v) is 22.9. The number of aliphatic imine (C=N–C) groups is 1. The summed E-state index contributed by atoms with van der Waals surface area (Å²) in [6.45, 7) is 0. The Labute approximate surface area is 231 Å². The van der Waals surface area contributed by atoms with Gasteiger partial charge in [-0.2, -0.15) is 16.8 Å². The van der Waals surface area contributed by atoms with Gasteiger partial charge < -0.3 is 4.90 Å². The van der Waals surface area contributed by atoms with Crippen LogP contribution in [0.15, 0.2) is 105 Å². The van der Waals surface area contributed by atoms with Crippen molar-refractivity contribution >= 4 is 60.2 Å². The minimum atomic E-state index is -5.03. The first kappa shape index (κ1) is 27.2.